The number of thiophene rings is 1. The summed E-state index contributed by atoms with van der Waals surface area (Å²) >= 11 is 1.73. The number of pyridine rings is 1. The molecule has 0 radical (unpaired) electrons. The molecule has 5 nitrogen and oxygen atoms in total. The molecule has 0 saturated carbocycles. The van der Waals surface area contributed by atoms with Crippen molar-refractivity contribution in [3.8, 4) is 5.00 Å². The second kappa shape index (κ2) is 6.22. The summed E-state index contributed by atoms with van der Waals surface area (Å²) in [5.41, 5.74) is 8.54. The zero-order valence-electron chi connectivity index (χ0n) is 19.5. The highest BCUT2D eigenvalue weighted by atomic mass is 32.1. The number of anilines is 2. The number of hydrogen-bond acceptors (Lipinski definition) is 5. The summed E-state index contributed by atoms with van der Waals surface area (Å²) in [6, 6.07) is 15.6. The van der Waals surface area contributed by atoms with Gasteiger partial charge in [-0.1, -0.05) is 36.4 Å². The van der Waals surface area contributed by atoms with Crippen LogP contribution in [0.1, 0.15) is 22.7 Å². The number of rotatable bonds is 2. The fourth-order valence-corrected chi connectivity index (χ4v) is 8.01. The summed E-state index contributed by atoms with van der Waals surface area (Å²) in [4.78, 5) is 16.5. The molecule has 172 valence electrons. The first kappa shape index (κ1) is 18.7. The Morgan fingerprint density at radius 2 is 1.81 bits per heavy atom. The number of fused-ring (bicyclic) bond motifs is 1. The molecular formula is C31H17N5S. The molecule has 2 aliphatic carbocycles. The van der Waals surface area contributed by atoms with Crippen molar-refractivity contribution in [3.05, 3.63) is 94.6 Å². The molecule has 10 rings (SSSR count). The van der Waals surface area contributed by atoms with Crippen LogP contribution in [0.15, 0.2) is 72.5 Å². The second-order valence-electron chi connectivity index (χ2n) is 10.0. The van der Waals surface area contributed by atoms with Crippen LogP contribution in [0, 0.1) is 0 Å². The number of aromatic nitrogens is 4. The van der Waals surface area contributed by atoms with Crippen molar-refractivity contribution in [1.29, 1.82) is 0 Å². The van der Waals surface area contributed by atoms with E-state index in [4.69, 9.17) is 9.97 Å². The summed E-state index contributed by atoms with van der Waals surface area (Å²) < 4.78 is 2.44. The van der Waals surface area contributed by atoms with Crippen LogP contribution in [0.3, 0.4) is 0 Å². The minimum Gasteiger partial charge on any atom is -0.315 e. The fraction of sp³-hybridized carbons (Fsp3) is 0.0645. The van der Waals surface area contributed by atoms with Gasteiger partial charge in [0.05, 0.1) is 22.6 Å². The van der Waals surface area contributed by atoms with E-state index in [1.165, 1.54) is 60.2 Å². The van der Waals surface area contributed by atoms with E-state index in [0.717, 1.165) is 28.3 Å². The molecule has 5 heterocycles. The summed E-state index contributed by atoms with van der Waals surface area (Å²) in [5, 5.41) is 11.5. The van der Waals surface area contributed by atoms with E-state index < -0.39 is 0 Å². The van der Waals surface area contributed by atoms with Gasteiger partial charge in [-0.05, 0) is 58.1 Å². The van der Waals surface area contributed by atoms with Crippen molar-refractivity contribution in [2.24, 2.45) is 0 Å². The zero-order valence-corrected chi connectivity index (χ0v) is 20.3. The van der Waals surface area contributed by atoms with E-state index in [2.05, 4.69) is 74.5 Å². The summed E-state index contributed by atoms with van der Waals surface area (Å²) in [5.74, 6) is 0.992. The van der Waals surface area contributed by atoms with Gasteiger partial charge < -0.3 is 4.90 Å². The lowest BCUT2D eigenvalue weighted by molar-refractivity contribution is 0.877. The van der Waals surface area contributed by atoms with Crippen molar-refractivity contribution in [3.63, 3.8) is 0 Å². The van der Waals surface area contributed by atoms with E-state index >= 15 is 0 Å². The van der Waals surface area contributed by atoms with Crippen LogP contribution in [0.5, 0.6) is 0 Å². The van der Waals surface area contributed by atoms with Crippen molar-refractivity contribution in [1.82, 2.24) is 19.5 Å². The highest BCUT2D eigenvalue weighted by Crippen LogP contribution is 2.56. The van der Waals surface area contributed by atoms with Gasteiger partial charge in [-0.2, -0.15) is 0 Å². The van der Waals surface area contributed by atoms with Crippen molar-refractivity contribution < 1.29 is 0 Å². The summed E-state index contributed by atoms with van der Waals surface area (Å²) in [7, 11) is 0. The van der Waals surface area contributed by atoms with Crippen LogP contribution >= 0.6 is 11.3 Å². The molecule has 7 aromatic rings. The van der Waals surface area contributed by atoms with Gasteiger partial charge >= 0.3 is 0 Å². The van der Waals surface area contributed by atoms with Gasteiger partial charge in [-0.3, -0.25) is 9.55 Å². The first-order chi connectivity index (χ1) is 18.4. The van der Waals surface area contributed by atoms with E-state index in [1.54, 1.807) is 23.7 Å². The molecule has 0 amide bonds. The molecule has 0 N–H and O–H groups in total. The quantitative estimate of drug-likeness (QED) is 0.255. The lowest BCUT2D eigenvalue weighted by Gasteiger charge is -2.27. The molecule has 1 aliphatic heterocycles. The Labute approximate surface area is 214 Å². The van der Waals surface area contributed by atoms with Crippen LogP contribution < -0.4 is 10.2 Å². The van der Waals surface area contributed by atoms with Gasteiger partial charge in [0.25, 0.3) is 0 Å². The largest absolute Gasteiger partial charge is 0.315 e. The highest BCUT2D eigenvalue weighted by Gasteiger charge is 2.38. The molecule has 0 saturated heterocycles. The maximum atomic E-state index is 4.77. The predicted octanol–water partition coefficient (Wildman–Crippen LogP) is 6.61. The molecule has 0 fully saturated rings. The van der Waals surface area contributed by atoms with E-state index in [0.29, 0.717) is 0 Å². The van der Waals surface area contributed by atoms with Gasteiger partial charge in [0, 0.05) is 40.1 Å². The summed E-state index contributed by atoms with van der Waals surface area (Å²) in [6.07, 6.45) is 13.4. The Morgan fingerprint density at radius 1 is 0.838 bits per heavy atom. The third-order valence-corrected chi connectivity index (χ3v) is 9.32. The van der Waals surface area contributed by atoms with E-state index in [9.17, 15) is 0 Å². The van der Waals surface area contributed by atoms with Gasteiger partial charge in [0.2, 0.25) is 0 Å². The molecule has 1 unspecified atom stereocenters. The molecule has 6 heteroatoms. The number of nitrogens with zero attached hydrogens (tertiary/aromatic N) is 5. The molecule has 3 aliphatic rings. The third-order valence-electron chi connectivity index (χ3n) is 8.38. The van der Waals surface area contributed by atoms with Crippen LogP contribution in [0.2, 0.25) is 0 Å². The Balaban J connectivity index is 1.44. The van der Waals surface area contributed by atoms with Crippen molar-refractivity contribution >= 4 is 78.5 Å². The number of benzene rings is 3. The third kappa shape index (κ3) is 2.05. The SMILES string of the molecule is C1=CC2c3c4c(ccc5c4c4c(n(-c6scc7nccnc67)c6ccc1c3c46)=CC5)N2c1ccccn1. The zero-order chi connectivity index (χ0) is 23.8. The fourth-order valence-electron chi connectivity index (χ4n) is 7.05. The minimum atomic E-state index is 0.133. The highest BCUT2D eigenvalue weighted by molar-refractivity contribution is 7.14. The Bertz CT molecular complexity index is 2240. The standard InChI is InChI=1S/C31H17N5S/c1-2-12-33-23(3-1)35-19-8-4-16-6-10-21-28-24(16)26(19)27-20(35)9-5-17-7-11-22(29(28)25(17)27)36(21)31-30-18(15-37-31)32-13-14-34-30/h1-6,8-15,19H,7H2. The Morgan fingerprint density at radius 3 is 2.76 bits per heavy atom. The van der Waals surface area contributed by atoms with Gasteiger partial charge in [0.15, 0.2) is 0 Å². The lowest BCUT2D eigenvalue weighted by atomic mass is 9.83. The van der Waals surface area contributed by atoms with Crippen LogP contribution in [-0.2, 0) is 6.42 Å². The minimum absolute atomic E-state index is 0.133. The van der Waals surface area contributed by atoms with Crippen molar-refractivity contribution in [2.75, 3.05) is 4.90 Å². The Kier molecular flexibility index (Phi) is 3.14. The van der Waals surface area contributed by atoms with Crippen molar-refractivity contribution in [2.45, 2.75) is 12.5 Å². The molecule has 0 spiro atoms. The first-order valence-electron chi connectivity index (χ1n) is 12.5. The molecule has 3 aromatic carbocycles. The second-order valence-corrected chi connectivity index (χ2v) is 10.9. The first-order valence-corrected chi connectivity index (χ1v) is 13.4. The van der Waals surface area contributed by atoms with Crippen LogP contribution in [0.4, 0.5) is 11.5 Å². The smallest absolute Gasteiger partial charge is 0.133 e. The molecule has 0 bridgehead atoms. The monoisotopic (exact) mass is 491 g/mol. The van der Waals surface area contributed by atoms with Gasteiger partial charge in [-0.15, -0.1) is 11.3 Å². The molecular weight excluding hydrogens is 474 g/mol. The molecule has 4 aromatic heterocycles. The van der Waals surface area contributed by atoms with E-state index in [1.807, 2.05) is 12.3 Å². The normalized spacial score (nSPS) is 16.9. The average molecular weight is 492 g/mol. The molecule has 37 heavy (non-hydrogen) atoms. The maximum absolute atomic E-state index is 4.77. The average Bonchev–Trinajstić information content (AvgIpc) is 3.63. The topological polar surface area (TPSA) is 46.8 Å². The number of hydrogen-bond donors (Lipinski definition) is 0. The van der Waals surface area contributed by atoms with Gasteiger partial charge in [-0.25, -0.2) is 9.97 Å². The van der Waals surface area contributed by atoms with Crippen LogP contribution in [-0.4, -0.2) is 19.5 Å². The molecule has 1 atom stereocenters. The Hall–Kier alpha value is -4.55. The lowest BCUT2D eigenvalue weighted by Crippen LogP contribution is -2.19. The van der Waals surface area contributed by atoms with Crippen LogP contribution in [0.25, 0.3) is 60.6 Å². The maximum Gasteiger partial charge on any atom is 0.133 e. The van der Waals surface area contributed by atoms with E-state index in [-0.39, 0.29) is 6.04 Å². The summed E-state index contributed by atoms with van der Waals surface area (Å²) in [6.45, 7) is 0. The predicted molar refractivity (Wildman–Crippen MR) is 151 cm³/mol. The van der Waals surface area contributed by atoms with Gasteiger partial charge in [0.1, 0.15) is 21.9 Å².